The molecule has 0 aliphatic heterocycles. The van der Waals surface area contributed by atoms with Gasteiger partial charge in [0.15, 0.2) is 11.5 Å². The topological polar surface area (TPSA) is 56.2 Å². The van der Waals surface area contributed by atoms with Gasteiger partial charge in [-0.05, 0) is 25.0 Å². The summed E-state index contributed by atoms with van der Waals surface area (Å²) in [7, 11) is 0. The minimum Gasteiger partial charge on any atom is -0.461 e. The predicted octanol–water partition coefficient (Wildman–Crippen LogP) is 2.12. The molecule has 0 amide bonds. The molecule has 14 heavy (non-hydrogen) atoms. The second-order valence-electron chi connectivity index (χ2n) is 4.15. The van der Waals surface area contributed by atoms with Gasteiger partial charge in [-0.25, -0.2) is 0 Å². The SMILES string of the molecule is NC1(CC(=O)c2ccco2)CCCC1. The van der Waals surface area contributed by atoms with Gasteiger partial charge in [0.1, 0.15) is 0 Å². The van der Waals surface area contributed by atoms with Crippen LogP contribution in [0, 0.1) is 0 Å². The van der Waals surface area contributed by atoms with Gasteiger partial charge in [-0.2, -0.15) is 0 Å². The Hall–Kier alpha value is -1.09. The second-order valence-corrected chi connectivity index (χ2v) is 4.15. The molecular weight excluding hydrogens is 178 g/mol. The number of Topliss-reactive ketones (excluding diaryl/α,β-unsaturated/α-hetero) is 1. The molecule has 0 radical (unpaired) electrons. The van der Waals surface area contributed by atoms with Gasteiger partial charge in [0.05, 0.1) is 6.26 Å². The maximum absolute atomic E-state index is 11.7. The lowest BCUT2D eigenvalue weighted by Gasteiger charge is -2.21. The number of hydrogen-bond donors (Lipinski definition) is 1. The first-order valence-electron chi connectivity index (χ1n) is 5.05. The molecule has 0 aromatic carbocycles. The number of hydrogen-bond acceptors (Lipinski definition) is 3. The summed E-state index contributed by atoms with van der Waals surface area (Å²) in [5, 5.41) is 0. The van der Waals surface area contributed by atoms with Gasteiger partial charge in [0, 0.05) is 12.0 Å². The Bertz CT molecular complexity index is 310. The van der Waals surface area contributed by atoms with Crippen molar-refractivity contribution in [3.8, 4) is 0 Å². The lowest BCUT2D eigenvalue weighted by molar-refractivity contribution is 0.0925. The van der Waals surface area contributed by atoms with E-state index in [1.54, 1.807) is 12.1 Å². The summed E-state index contributed by atoms with van der Waals surface area (Å²) >= 11 is 0. The minimum atomic E-state index is -0.274. The fourth-order valence-electron chi connectivity index (χ4n) is 2.10. The number of carbonyl (C=O) groups excluding carboxylic acids is 1. The first-order chi connectivity index (χ1) is 6.70. The molecule has 1 aliphatic carbocycles. The molecule has 1 aliphatic rings. The van der Waals surface area contributed by atoms with Crippen molar-refractivity contribution in [1.29, 1.82) is 0 Å². The van der Waals surface area contributed by atoms with E-state index in [0.717, 1.165) is 25.7 Å². The van der Waals surface area contributed by atoms with Crippen LogP contribution in [0.3, 0.4) is 0 Å². The smallest absolute Gasteiger partial charge is 0.199 e. The molecule has 1 heterocycles. The molecule has 0 saturated heterocycles. The fourth-order valence-corrected chi connectivity index (χ4v) is 2.10. The molecule has 3 heteroatoms. The van der Waals surface area contributed by atoms with Crippen molar-refractivity contribution < 1.29 is 9.21 Å². The van der Waals surface area contributed by atoms with Gasteiger partial charge in [0.25, 0.3) is 0 Å². The molecular formula is C11H15NO2. The molecule has 76 valence electrons. The Morgan fingerprint density at radius 2 is 2.21 bits per heavy atom. The Kier molecular flexibility index (Phi) is 2.42. The third-order valence-corrected chi connectivity index (χ3v) is 2.91. The molecule has 1 fully saturated rings. The van der Waals surface area contributed by atoms with Crippen LogP contribution in [0.4, 0.5) is 0 Å². The Morgan fingerprint density at radius 3 is 2.79 bits per heavy atom. The van der Waals surface area contributed by atoms with Crippen LogP contribution < -0.4 is 5.73 Å². The highest BCUT2D eigenvalue weighted by Gasteiger charge is 2.32. The number of carbonyl (C=O) groups is 1. The molecule has 2 rings (SSSR count). The van der Waals surface area contributed by atoms with Crippen molar-refractivity contribution in [2.45, 2.75) is 37.6 Å². The molecule has 0 bridgehead atoms. The largest absolute Gasteiger partial charge is 0.461 e. The Balaban J connectivity index is 2.01. The van der Waals surface area contributed by atoms with Crippen LogP contribution in [0.15, 0.2) is 22.8 Å². The van der Waals surface area contributed by atoms with E-state index in [0.29, 0.717) is 12.2 Å². The van der Waals surface area contributed by atoms with Crippen LogP contribution in [0.25, 0.3) is 0 Å². The number of ketones is 1. The molecule has 3 nitrogen and oxygen atoms in total. The van der Waals surface area contributed by atoms with Crippen LogP contribution in [-0.4, -0.2) is 11.3 Å². The molecule has 0 unspecified atom stereocenters. The van der Waals surface area contributed by atoms with Gasteiger partial charge >= 0.3 is 0 Å². The second kappa shape index (κ2) is 3.58. The minimum absolute atomic E-state index is 0.0272. The molecule has 2 N–H and O–H groups in total. The van der Waals surface area contributed by atoms with Crippen LogP contribution in [0.2, 0.25) is 0 Å². The number of furan rings is 1. The summed E-state index contributed by atoms with van der Waals surface area (Å²) < 4.78 is 5.05. The third-order valence-electron chi connectivity index (χ3n) is 2.91. The fraction of sp³-hybridized carbons (Fsp3) is 0.545. The molecule has 1 aromatic heterocycles. The quantitative estimate of drug-likeness (QED) is 0.748. The zero-order valence-electron chi connectivity index (χ0n) is 8.16. The standard InChI is InChI=1S/C11H15NO2/c12-11(5-1-2-6-11)8-9(13)10-4-3-7-14-10/h3-4,7H,1-2,5-6,8,12H2. The van der Waals surface area contributed by atoms with E-state index >= 15 is 0 Å². The Morgan fingerprint density at radius 1 is 1.50 bits per heavy atom. The first kappa shape index (κ1) is 9.46. The van der Waals surface area contributed by atoms with Crippen LogP contribution in [0.5, 0.6) is 0 Å². The van der Waals surface area contributed by atoms with Crippen LogP contribution in [0.1, 0.15) is 42.7 Å². The highest BCUT2D eigenvalue weighted by Crippen LogP contribution is 2.31. The van der Waals surface area contributed by atoms with E-state index in [1.165, 1.54) is 6.26 Å². The van der Waals surface area contributed by atoms with Crippen LogP contribution >= 0.6 is 0 Å². The molecule has 0 spiro atoms. The van der Waals surface area contributed by atoms with Crippen molar-refractivity contribution in [2.24, 2.45) is 5.73 Å². The lowest BCUT2D eigenvalue weighted by Crippen LogP contribution is -2.38. The van der Waals surface area contributed by atoms with Crippen molar-refractivity contribution in [3.05, 3.63) is 24.2 Å². The average Bonchev–Trinajstić information content (AvgIpc) is 2.74. The van der Waals surface area contributed by atoms with Crippen molar-refractivity contribution in [2.75, 3.05) is 0 Å². The van der Waals surface area contributed by atoms with E-state index in [9.17, 15) is 4.79 Å². The summed E-state index contributed by atoms with van der Waals surface area (Å²) in [4.78, 5) is 11.7. The van der Waals surface area contributed by atoms with Gasteiger partial charge in [-0.1, -0.05) is 12.8 Å². The molecule has 1 saturated carbocycles. The van der Waals surface area contributed by atoms with Crippen molar-refractivity contribution >= 4 is 5.78 Å². The third kappa shape index (κ3) is 1.87. The van der Waals surface area contributed by atoms with Crippen LogP contribution in [-0.2, 0) is 0 Å². The van der Waals surface area contributed by atoms with E-state index in [4.69, 9.17) is 10.2 Å². The highest BCUT2D eigenvalue weighted by molar-refractivity contribution is 5.94. The number of nitrogens with two attached hydrogens (primary N) is 1. The molecule has 0 atom stereocenters. The van der Waals surface area contributed by atoms with Gasteiger partial charge in [-0.15, -0.1) is 0 Å². The summed E-state index contributed by atoms with van der Waals surface area (Å²) in [6.07, 6.45) is 6.13. The highest BCUT2D eigenvalue weighted by atomic mass is 16.3. The molecule has 1 aromatic rings. The van der Waals surface area contributed by atoms with E-state index in [1.807, 2.05) is 0 Å². The summed E-state index contributed by atoms with van der Waals surface area (Å²) in [6.45, 7) is 0. The summed E-state index contributed by atoms with van der Waals surface area (Å²) in [5.74, 6) is 0.459. The monoisotopic (exact) mass is 193 g/mol. The summed E-state index contributed by atoms with van der Waals surface area (Å²) in [5.41, 5.74) is 5.83. The lowest BCUT2D eigenvalue weighted by atomic mass is 9.92. The van der Waals surface area contributed by atoms with Gasteiger partial charge in [-0.3, -0.25) is 4.79 Å². The zero-order valence-corrected chi connectivity index (χ0v) is 8.16. The Labute approximate surface area is 83.3 Å². The predicted molar refractivity (Wildman–Crippen MR) is 53.0 cm³/mol. The van der Waals surface area contributed by atoms with E-state index in [-0.39, 0.29) is 11.3 Å². The summed E-state index contributed by atoms with van der Waals surface area (Å²) in [6, 6.07) is 3.42. The van der Waals surface area contributed by atoms with Crippen molar-refractivity contribution in [1.82, 2.24) is 0 Å². The first-order valence-corrected chi connectivity index (χ1v) is 5.05. The van der Waals surface area contributed by atoms with Gasteiger partial charge < -0.3 is 10.2 Å². The number of rotatable bonds is 3. The average molecular weight is 193 g/mol. The van der Waals surface area contributed by atoms with E-state index < -0.39 is 0 Å². The maximum Gasteiger partial charge on any atom is 0.199 e. The zero-order chi connectivity index (χ0) is 10.0. The van der Waals surface area contributed by atoms with Gasteiger partial charge in [0.2, 0.25) is 0 Å². The van der Waals surface area contributed by atoms with Crippen molar-refractivity contribution in [3.63, 3.8) is 0 Å². The normalized spacial score (nSPS) is 19.8. The maximum atomic E-state index is 11.7. The van der Waals surface area contributed by atoms with E-state index in [2.05, 4.69) is 0 Å².